The maximum Gasteiger partial charge on any atom is 0.269 e. The highest BCUT2D eigenvalue weighted by molar-refractivity contribution is 5.76. The van der Waals surface area contributed by atoms with Gasteiger partial charge in [-0.1, -0.05) is 30.3 Å². The molecule has 1 N–H and O–H groups in total. The molecule has 0 saturated carbocycles. The van der Waals surface area contributed by atoms with Gasteiger partial charge in [-0.15, -0.1) is 0 Å². The average molecular weight is 370 g/mol. The van der Waals surface area contributed by atoms with Crippen LogP contribution in [-0.4, -0.2) is 48.5 Å². The van der Waals surface area contributed by atoms with E-state index in [0.717, 1.165) is 37.2 Å². The van der Waals surface area contributed by atoms with Crippen LogP contribution >= 0.6 is 0 Å². The quantitative estimate of drug-likeness (QED) is 0.798. The average Bonchev–Trinajstić information content (AvgIpc) is 2.69. The topological polar surface area (TPSA) is 76.5 Å². The number of ether oxygens (including phenoxy) is 1. The molecule has 1 fully saturated rings. The minimum atomic E-state index is -0.105. The third kappa shape index (κ3) is 5.40. The van der Waals surface area contributed by atoms with E-state index in [1.807, 2.05) is 30.3 Å². The normalized spacial score (nSPS) is 14.9. The molecule has 3 rings (SSSR count). The molecule has 0 atom stereocenters. The molecular formula is C20H26N4O3. The zero-order valence-electron chi connectivity index (χ0n) is 15.6. The third-order valence-corrected chi connectivity index (χ3v) is 4.79. The van der Waals surface area contributed by atoms with Crippen LogP contribution in [0.1, 0.15) is 24.8 Å². The molecule has 0 radical (unpaired) electrons. The van der Waals surface area contributed by atoms with Gasteiger partial charge in [0.15, 0.2) is 0 Å². The summed E-state index contributed by atoms with van der Waals surface area (Å²) in [6.45, 7) is 2.49. The summed E-state index contributed by atoms with van der Waals surface area (Å²) in [5.74, 6) is 0.0282. The molecular weight excluding hydrogens is 344 g/mol. The number of nitrogens with zero attached hydrogens (tertiary/aromatic N) is 3. The highest BCUT2D eigenvalue weighted by atomic mass is 16.5. The van der Waals surface area contributed by atoms with Crippen LogP contribution in [0.25, 0.3) is 0 Å². The van der Waals surface area contributed by atoms with Crippen LogP contribution in [0.3, 0.4) is 0 Å². The molecule has 1 aliphatic heterocycles. The predicted octanol–water partition coefficient (Wildman–Crippen LogP) is 1.41. The highest BCUT2D eigenvalue weighted by Gasteiger charge is 2.21. The van der Waals surface area contributed by atoms with Crippen molar-refractivity contribution in [1.82, 2.24) is 15.1 Å². The molecule has 0 aliphatic carbocycles. The second kappa shape index (κ2) is 9.32. The predicted molar refractivity (Wildman–Crippen MR) is 104 cm³/mol. The lowest BCUT2D eigenvalue weighted by Gasteiger charge is -2.33. The van der Waals surface area contributed by atoms with Crippen molar-refractivity contribution in [2.45, 2.75) is 31.8 Å². The van der Waals surface area contributed by atoms with Gasteiger partial charge in [-0.25, -0.2) is 4.68 Å². The summed E-state index contributed by atoms with van der Waals surface area (Å²) in [5.41, 5.74) is 1.78. The molecule has 7 nitrogen and oxygen atoms in total. The second-order valence-corrected chi connectivity index (χ2v) is 6.77. The van der Waals surface area contributed by atoms with E-state index in [2.05, 4.69) is 15.3 Å². The molecule has 0 spiro atoms. The number of amides is 1. The minimum Gasteiger partial charge on any atom is -0.384 e. The van der Waals surface area contributed by atoms with Crippen LogP contribution < -0.4 is 15.8 Å². The van der Waals surface area contributed by atoms with E-state index >= 15 is 0 Å². The fourth-order valence-electron chi connectivity index (χ4n) is 3.25. The van der Waals surface area contributed by atoms with E-state index in [4.69, 9.17) is 4.74 Å². The first kappa shape index (κ1) is 19.1. The first-order chi connectivity index (χ1) is 13.2. The fraction of sp³-hybridized carbons (Fsp3) is 0.450. The summed E-state index contributed by atoms with van der Waals surface area (Å²) >= 11 is 0. The van der Waals surface area contributed by atoms with Crippen LogP contribution in [0.5, 0.6) is 0 Å². The minimum absolute atomic E-state index is 0.0282. The molecule has 0 unspecified atom stereocenters. The Kier molecular flexibility index (Phi) is 6.59. The van der Waals surface area contributed by atoms with E-state index in [1.54, 1.807) is 19.4 Å². The Balaban J connectivity index is 1.55. The maximum atomic E-state index is 12.4. The molecule has 1 aromatic heterocycles. The molecule has 27 heavy (non-hydrogen) atoms. The van der Waals surface area contributed by atoms with Gasteiger partial charge in [0.1, 0.15) is 0 Å². The van der Waals surface area contributed by atoms with E-state index in [1.165, 1.54) is 4.68 Å². The lowest BCUT2D eigenvalue weighted by molar-refractivity contribution is -0.122. The van der Waals surface area contributed by atoms with Crippen molar-refractivity contribution in [3.8, 4) is 0 Å². The van der Waals surface area contributed by atoms with Gasteiger partial charge in [0.05, 0.1) is 25.0 Å². The van der Waals surface area contributed by atoms with Crippen molar-refractivity contribution < 1.29 is 9.53 Å². The van der Waals surface area contributed by atoms with Crippen LogP contribution in [0.4, 0.5) is 5.69 Å². The summed E-state index contributed by atoms with van der Waals surface area (Å²) in [6.07, 6.45) is 3.85. The Morgan fingerprint density at radius 2 is 2.00 bits per heavy atom. The van der Waals surface area contributed by atoms with Crippen molar-refractivity contribution in [3.05, 3.63) is 58.5 Å². The van der Waals surface area contributed by atoms with Crippen LogP contribution in [0.15, 0.2) is 47.4 Å². The lowest BCUT2D eigenvalue weighted by atomic mass is 10.0. The molecule has 1 aliphatic rings. The summed E-state index contributed by atoms with van der Waals surface area (Å²) in [6, 6.07) is 11.6. The molecule has 1 saturated heterocycles. The van der Waals surface area contributed by atoms with Crippen molar-refractivity contribution in [1.29, 1.82) is 0 Å². The molecule has 1 aromatic carbocycles. The van der Waals surface area contributed by atoms with Gasteiger partial charge in [0.2, 0.25) is 5.91 Å². The van der Waals surface area contributed by atoms with E-state index in [-0.39, 0.29) is 17.5 Å². The SMILES string of the molecule is COCCC(=O)NC1CCN(c2cnn(Cc3ccccc3)c(=O)c2)CC1. The first-order valence-corrected chi connectivity index (χ1v) is 9.30. The molecule has 0 bridgehead atoms. The Hall–Kier alpha value is -2.67. The van der Waals surface area contributed by atoms with Gasteiger partial charge in [0, 0.05) is 38.7 Å². The number of nitrogens with one attached hydrogen (secondary N) is 1. The summed E-state index contributed by atoms with van der Waals surface area (Å²) < 4.78 is 6.40. The number of carbonyl (C=O) groups excluding carboxylic acids is 1. The van der Waals surface area contributed by atoms with Gasteiger partial charge < -0.3 is 15.0 Å². The number of methoxy groups -OCH3 is 1. The number of rotatable bonds is 7. The largest absolute Gasteiger partial charge is 0.384 e. The maximum absolute atomic E-state index is 12.4. The lowest BCUT2D eigenvalue weighted by Crippen LogP contribution is -2.45. The van der Waals surface area contributed by atoms with Crippen LogP contribution in [-0.2, 0) is 16.1 Å². The standard InChI is InChI=1S/C20H26N4O3/c1-27-12-9-19(25)22-17-7-10-23(11-8-17)18-13-20(26)24(21-14-18)15-16-5-3-2-4-6-16/h2-6,13-14,17H,7-12,15H2,1H3,(H,22,25). The highest BCUT2D eigenvalue weighted by Crippen LogP contribution is 2.18. The van der Waals surface area contributed by atoms with Crippen molar-refractivity contribution in [3.63, 3.8) is 0 Å². The number of aromatic nitrogens is 2. The summed E-state index contributed by atoms with van der Waals surface area (Å²) in [7, 11) is 1.59. The summed E-state index contributed by atoms with van der Waals surface area (Å²) in [5, 5.41) is 7.38. The van der Waals surface area contributed by atoms with Gasteiger partial charge in [-0.3, -0.25) is 9.59 Å². The number of piperidine rings is 1. The van der Waals surface area contributed by atoms with E-state index in [9.17, 15) is 9.59 Å². The Bertz CT molecular complexity index is 798. The molecule has 144 valence electrons. The van der Waals surface area contributed by atoms with E-state index in [0.29, 0.717) is 19.6 Å². The number of benzene rings is 1. The summed E-state index contributed by atoms with van der Waals surface area (Å²) in [4.78, 5) is 26.3. The second-order valence-electron chi connectivity index (χ2n) is 6.77. The molecule has 7 heteroatoms. The number of hydrogen-bond donors (Lipinski definition) is 1. The Morgan fingerprint density at radius 3 is 2.67 bits per heavy atom. The van der Waals surface area contributed by atoms with Gasteiger partial charge in [0.25, 0.3) is 5.56 Å². The number of carbonyl (C=O) groups is 1. The smallest absolute Gasteiger partial charge is 0.269 e. The number of hydrogen-bond acceptors (Lipinski definition) is 5. The van der Waals surface area contributed by atoms with Crippen molar-refractivity contribution in [2.75, 3.05) is 31.7 Å². The third-order valence-electron chi connectivity index (χ3n) is 4.79. The fourth-order valence-corrected chi connectivity index (χ4v) is 3.25. The van der Waals surface area contributed by atoms with Gasteiger partial charge in [-0.05, 0) is 18.4 Å². The molecule has 2 aromatic rings. The molecule has 1 amide bonds. The van der Waals surface area contributed by atoms with Crippen molar-refractivity contribution in [2.24, 2.45) is 0 Å². The van der Waals surface area contributed by atoms with Crippen molar-refractivity contribution >= 4 is 11.6 Å². The van der Waals surface area contributed by atoms with Gasteiger partial charge in [-0.2, -0.15) is 5.10 Å². The number of anilines is 1. The zero-order valence-corrected chi connectivity index (χ0v) is 15.6. The molecule has 2 heterocycles. The van der Waals surface area contributed by atoms with Crippen LogP contribution in [0.2, 0.25) is 0 Å². The van der Waals surface area contributed by atoms with Crippen LogP contribution in [0, 0.1) is 0 Å². The Labute approximate surface area is 158 Å². The first-order valence-electron chi connectivity index (χ1n) is 9.30. The monoisotopic (exact) mass is 370 g/mol. The van der Waals surface area contributed by atoms with E-state index < -0.39 is 0 Å². The van der Waals surface area contributed by atoms with Gasteiger partial charge >= 0.3 is 0 Å². The zero-order chi connectivity index (χ0) is 19.1. The Morgan fingerprint density at radius 1 is 1.26 bits per heavy atom.